The van der Waals surface area contributed by atoms with Gasteiger partial charge < -0.3 is 15.6 Å². The number of halogens is 2. The minimum absolute atomic E-state index is 0.0330. The van der Waals surface area contributed by atoms with Crippen molar-refractivity contribution in [1.29, 1.82) is 0 Å². The van der Waals surface area contributed by atoms with Crippen LogP contribution in [0, 0.1) is 0 Å². The molecule has 0 fully saturated rings. The van der Waals surface area contributed by atoms with Crippen molar-refractivity contribution < 1.29 is 14.6 Å². The standard InChI is InChI=1S/C8H7Cl2NO3/c1-14-4-2-3(9)6(10)5(7(4)11)8(12)13/h2H,11H2,1H3,(H,12,13). The molecule has 1 aromatic carbocycles. The maximum atomic E-state index is 10.8. The molecule has 0 heterocycles. The zero-order valence-electron chi connectivity index (χ0n) is 7.17. The Morgan fingerprint density at radius 2 is 2.14 bits per heavy atom. The maximum Gasteiger partial charge on any atom is 0.339 e. The van der Waals surface area contributed by atoms with Gasteiger partial charge in [0, 0.05) is 6.07 Å². The van der Waals surface area contributed by atoms with Gasteiger partial charge in [0.2, 0.25) is 0 Å². The molecule has 0 aromatic heterocycles. The lowest BCUT2D eigenvalue weighted by Crippen LogP contribution is -2.05. The fourth-order valence-electron chi connectivity index (χ4n) is 0.995. The van der Waals surface area contributed by atoms with Crippen molar-refractivity contribution in [1.82, 2.24) is 0 Å². The summed E-state index contributed by atoms with van der Waals surface area (Å²) >= 11 is 11.4. The molecule has 76 valence electrons. The van der Waals surface area contributed by atoms with Gasteiger partial charge in [0.15, 0.2) is 0 Å². The van der Waals surface area contributed by atoms with Crippen molar-refractivity contribution in [2.24, 2.45) is 0 Å². The number of methoxy groups -OCH3 is 1. The van der Waals surface area contributed by atoms with E-state index >= 15 is 0 Å². The number of carboxylic acids is 1. The highest BCUT2D eigenvalue weighted by atomic mass is 35.5. The van der Waals surface area contributed by atoms with Crippen LogP contribution in [0.15, 0.2) is 6.07 Å². The molecule has 0 unspecified atom stereocenters. The zero-order valence-corrected chi connectivity index (χ0v) is 8.69. The van der Waals surface area contributed by atoms with Crippen molar-refractivity contribution in [3.05, 3.63) is 21.7 Å². The Morgan fingerprint density at radius 1 is 1.57 bits per heavy atom. The highest BCUT2D eigenvalue weighted by Crippen LogP contribution is 2.37. The molecule has 0 spiro atoms. The van der Waals surface area contributed by atoms with E-state index < -0.39 is 5.97 Å². The van der Waals surface area contributed by atoms with E-state index in [9.17, 15) is 4.79 Å². The van der Waals surface area contributed by atoms with Gasteiger partial charge in [-0.05, 0) is 0 Å². The van der Waals surface area contributed by atoms with Crippen LogP contribution in [0.5, 0.6) is 5.75 Å². The van der Waals surface area contributed by atoms with E-state index in [-0.39, 0.29) is 27.0 Å². The summed E-state index contributed by atoms with van der Waals surface area (Å²) in [6, 6.07) is 1.37. The minimum atomic E-state index is -1.24. The molecule has 0 aliphatic heterocycles. The van der Waals surface area contributed by atoms with Gasteiger partial charge in [0.05, 0.1) is 22.8 Å². The van der Waals surface area contributed by atoms with Crippen LogP contribution in [-0.4, -0.2) is 18.2 Å². The molecule has 3 N–H and O–H groups in total. The summed E-state index contributed by atoms with van der Waals surface area (Å²) in [4.78, 5) is 10.8. The molecule has 0 atom stereocenters. The summed E-state index contributed by atoms with van der Waals surface area (Å²) in [6.45, 7) is 0. The molecule has 0 bridgehead atoms. The molecule has 0 saturated heterocycles. The van der Waals surface area contributed by atoms with Crippen LogP contribution in [0.2, 0.25) is 10.0 Å². The first kappa shape index (κ1) is 10.9. The summed E-state index contributed by atoms with van der Waals surface area (Å²) in [5.41, 5.74) is 5.24. The Kier molecular flexibility index (Phi) is 3.08. The molecule has 0 radical (unpaired) electrons. The monoisotopic (exact) mass is 235 g/mol. The lowest BCUT2D eigenvalue weighted by Gasteiger charge is -2.10. The van der Waals surface area contributed by atoms with Gasteiger partial charge >= 0.3 is 5.97 Å². The van der Waals surface area contributed by atoms with Crippen molar-refractivity contribution in [3.8, 4) is 5.75 Å². The predicted molar refractivity (Wildman–Crippen MR) is 54.4 cm³/mol. The molecule has 0 saturated carbocycles. The third kappa shape index (κ3) is 1.71. The second kappa shape index (κ2) is 3.94. The summed E-state index contributed by atoms with van der Waals surface area (Å²) in [5.74, 6) is -1.05. The molecule has 0 amide bonds. The Balaban J connectivity index is 3.53. The lowest BCUT2D eigenvalue weighted by atomic mass is 10.1. The number of aromatic carboxylic acids is 1. The Labute approximate surface area is 90.2 Å². The smallest absolute Gasteiger partial charge is 0.339 e. The number of nitrogens with two attached hydrogens (primary N) is 1. The van der Waals surface area contributed by atoms with Crippen LogP contribution in [0.25, 0.3) is 0 Å². The fourth-order valence-corrected chi connectivity index (χ4v) is 1.43. The van der Waals surface area contributed by atoms with E-state index in [0.717, 1.165) is 0 Å². The number of carbonyl (C=O) groups is 1. The number of rotatable bonds is 2. The van der Waals surface area contributed by atoms with Crippen LogP contribution in [0.1, 0.15) is 10.4 Å². The van der Waals surface area contributed by atoms with Crippen molar-refractivity contribution >= 4 is 34.9 Å². The Bertz CT molecular complexity index is 393. The molecule has 14 heavy (non-hydrogen) atoms. The SMILES string of the molecule is COc1cc(Cl)c(Cl)c(C(=O)O)c1N. The second-order valence-corrected chi connectivity index (χ2v) is 3.25. The highest BCUT2D eigenvalue weighted by molar-refractivity contribution is 6.44. The van der Waals surface area contributed by atoms with Gasteiger partial charge in [-0.25, -0.2) is 4.79 Å². The van der Waals surface area contributed by atoms with Crippen LogP contribution in [0.4, 0.5) is 5.69 Å². The van der Waals surface area contributed by atoms with Gasteiger partial charge in [0.1, 0.15) is 11.3 Å². The summed E-state index contributed by atoms with van der Waals surface area (Å²) in [7, 11) is 1.36. The second-order valence-electron chi connectivity index (χ2n) is 2.47. The molecule has 1 rings (SSSR count). The maximum absolute atomic E-state index is 10.8. The number of benzene rings is 1. The molecular formula is C8H7Cl2NO3. The van der Waals surface area contributed by atoms with E-state index in [2.05, 4.69) is 0 Å². The van der Waals surface area contributed by atoms with Crippen LogP contribution in [0.3, 0.4) is 0 Å². The molecule has 0 aliphatic rings. The first-order valence-electron chi connectivity index (χ1n) is 3.53. The molecule has 4 nitrogen and oxygen atoms in total. The molecule has 6 heteroatoms. The van der Waals surface area contributed by atoms with Crippen molar-refractivity contribution in [2.75, 3.05) is 12.8 Å². The zero-order chi connectivity index (χ0) is 10.9. The van der Waals surface area contributed by atoms with Crippen LogP contribution < -0.4 is 10.5 Å². The van der Waals surface area contributed by atoms with Gasteiger partial charge in [-0.2, -0.15) is 0 Å². The third-order valence-electron chi connectivity index (χ3n) is 1.66. The Morgan fingerprint density at radius 3 is 2.57 bits per heavy atom. The van der Waals surface area contributed by atoms with Gasteiger partial charge in [-0.15, -0.1) is 0 Å². The average Bonchev–Trinajstić information content (AvgIpc) is 2.11. The van der Waals surface area contributed by atoms with E-state index in [1.54, 1.807) is 0 Å². The third-order valence-corrected chi connectivity index (χ3v) is 2.44. The fraction of sp³-hybridized carbons (Fsp3) is 0.125. The molecule has 1 aromatic rings. The first-order valence-corrected chi connectivity index (χ1v) is 4.29. The molecule has 0 aliphatic carbocycles. The number of hydrogen-bond donors (Lipinski definition) is 2. The Hall–Kier alpha value is -1.13. The number of nitrogen functional groups attached to an aromatic ring is 1. The number of ether oxygens (including phenoxy) is 1. The molecular weight excluding hydrogens is 229 g/mol. The van der Waals surface area contributed by atoms with E-state index in [0.29, 0.717) is 0 Å². The summed E-state index contributed by atoms with van der Waals surface area (Å²) in [5, 5.41) is 8.82. The summed E-state index contributed by atoms with van der Waals surface area (Å²) < 4.78 is 4.84. The lowest BCUT2D eigenvalue weighted by molar-refractivity contribution is 0.0698. The quantitative estimate of drug-likeness (QED) is 0.772. The number of hydrogen-bond acceptors (Lipinski definition) is 3. The average molecular weight is 236 g/mol. The predicted octanol–water partition coefficient (Wildman–Crippen LogP) is 2.28. The van der Waals surface area contributed by atoms with E-state index in [1.165, 1.54) is 13.2 Å². The van der Waals surface area contributed by atoms with Gasteiger partial charge in [0.25, 0.3) is 0 Å². The number of carboxylic acid groups (broad SMARTS) is 1. The number of anilines is 1. The van der Waals surface area contributed by atoms with E-state index in [4.69, 9.17) is 38.8 Å². The summed E-state index contributed by atoms with van der Waals surface area (Å²) in [6.07, 6.45) is 0. The van der Waals surface area contributed by atoms with Gasteiger partial charge in [-0.1, -0.05) is 23.2 Å². The van der Waals surface area contributed by atoms with Crippen LogP contribution in [-0.2, 0) is 0 Å². The highest BCUT2D eigenvalue weighted by Gasteiger charge is 2.19. The first-order chi connectivity index (χ1) is 6.49. The van der Waals surface area contributed by atoms with E-state index in [1.807, 2.05) is 0 Å². The van der Waals surface area contributed by atoms with Gasteiger partial charge in [-0.3, -0.25) is 0 Å². The van der Waals surface area contributed by atoms with Crippen LogP contribution >= 0.6 is 23.2 Å². The normalized spacial score (nSPS) is 9.93. The van der Waals surface area contributed by atoms with Crippen molar-refractivity contribution in [2.45, 2.75) is 0 Å². The largest absolute Gasteiger partial charge is 0.495 e. The van der Waals surface area contributed by atoms with Crippen molar-refractivity contribution in [3.63, 3.8) is 0 Å². The topological polar surface area (TPSA) is 72.5 Å². The minimum Gasteiger partial charge on any atom is -0.495 e.